The molecule has 8 nitrogen and oxygen atoms in total. The highest BCUT2D eigenvalue weighted by molar-refractivity contribution is 8.19. The third-order valence-corrected chi connectivity index (χ3v) is 5.91. The molecular formula is C20H16N4O4S2. The maximum atomic E-state index is 12.4. The molecule has 0 bridgehead atoms. The number of methoxy groups -OCH3 is 1. The summed E-state index contributed by atoms with van der Waals surface area (Å²) in [4.78, 5) is 29.6. The van der Waals surface area contributed by atoms with Gasteiger partial charge in [0.2, 0.25) is 5.17 Å². The Morgan fingerprint density at radius 1 is 1.30 bits per heavy atom. The van der Waals surface area contributed by atoms with Crippen molar-refractivity contribution in [2.24, 2.45) is 9.39 Å². The van der Waals surface area contributed by atoms with E-state index in [1.165, 1.54) is 24.9 Å². The molecule has 0 radical (unpaired) electrons. The minimum Gasteiger partial charge on any atom is -0.465 e. The van der Waals surface area contributed by atoms with Gasteiger partial charge < -0.3 is 9.15 Å². The smallest absolute Gasteiger partial charge is 0.337 e. The summed E-state index contributed by atoms with van der Waals surface area (Å²) in [5.41, 5.74) is 1.34. The summed E-state index contributed by atoms with van der Waals surface area (Å²) in [7, 11) is 1.33. The molecule has 3 heterocycles. The van der Waals surface area contributed by atoms with Crippen LogP contribution < -0.4 is 0 Å². The van der Waals surface area contributed by atoms with E-state index in [1.54, 1.807) is 41.3 Å². The van der Waals surface area contributed by atoms with Crippen LogP contribution >= 0.6 is 23.7 Å². The van der Waals surface area contributed by atoms with Crippen molar-refractivity contribution in [3.05, 3.63) is 53.3 Å². The fraction of sp³-hybridized carbons (Fsp3) is 0.150. The van der Waals surface area contributed by atoms with Crippen LogP contribution in [-0.2, 0) is 9.53 Å². The number of carbonyl (C=O) groups excluding carboxylic acids is 2. The monoisotopic (exact) mass is 440 g/mol. The number of esters is 1. The molecule has 30 heavy (non-hydrogen) atoms. The standard InChI is InChI=1S/C20H16N4O4S2/c1-3-29-20-23-30-19-22-17(25)14(16(21)24(19)20)10-13-8-9-15(28-13)11-4-6-12(7-5-11)18(26)27-2/h4-10,21H,3H2,1-2H3/b14-10-,21-16?. The Labute approximate surface area is 180 Å². The first-order valence-electron chi connectivity index (χ1n) is 8.92. The van der Waals surface area contributed by atoms with E-state index in [4.69, 9.17) is 14.6 Å². The number of furan rings is 1. The van der Waals surface area contributed by atoms with Crippen LogP contribution in [0.2, 0.25) is 0 Å². The van der Waals surface area contributed by atoms with E-state index in [9.17, 15) is 9.59 Å². The van der Waals surface area contributed by atoms with Gasteiger partial charge in [-0.3, -0.25) is 10.2 Å². The molecule has 2 aromatic rings. The number of aliphatic imine (C=N–C) groups is 1. The van der Waals surface area contributed by atoms with Gasteiger partial charge in [-0.25, -0.2) is 9.69 Å². The second-order valence-corrected chi connectivity index (χ2v) is 8.07. The van der Waals surface area contributed by atoms with Crippen molar-refractivity contribution in [1.82, 2.24) is 4.90 Å². The molecule has 1 aromatic heterocycles. The summed E-state index contributed by atoms with van der Waals surface area (Å²) in [5, 5.41) is 9.51. The van der Waals surface area contributed by atoms with Crippen LogP contribution in [-0.4, -0.2) is 45.8 Å². The Bertz CT molecular complexity index is 1130. The number of rotatable bonds is 4. The molecule has 0 fully saturated rings. The lowest BCUT2D eigenvalue weighted by Gasteiger charge is -2.23. The molecule has 152 valence electrons. The van der Waals surface area contributed by atoms with Gasteiger partial charge in [0.15, 0.2) is 5.17 Å². The van der Waals surface area contributed by atoms with Gasteiger partial charge in [-0.15, -0.1) is 0 Å². The normalized spacial score (nSPS) is 17.1. The molecule has 2 aliphatic rings. The minimum atomic E-state index is -0.503. The first kappa shape index (κ1) is 20.2. The zero-order valence-electron chi connectivity index (χ0n) is 16.0. The van der Waals surface area contributed by atoms with E-state index in [0.29, 0.717) is 27.4 Å². The minimum absolute atomic E-state index is 0.0232. The topological polar surface area (TPSA) is 108 Å². The Morgan fingerprint density at radius 2 is 2.07 bits per heavy atom. The van der Waals surface area contributed by atoms with Crippen LogP contribution in [0.5, 0.6) is 0 Å². The Hall–Kier alpha value is -3.11. The number of ether oxygens (including phenoxy) is 1. The van der Waals surface area contributed by atoms with E-state index < -0.39 is 11.9 Å². The zero-order chi connectivity index (χ0) is 21.3. The first-order chi connectivity index (χ1) is 14.5. The lowest BCUT2D eigenvalue weighted by molar-refractivity contribution is -0.114. The molecule has 1 N–H and O–H groups in total. The van der Waals surface area contributed by atoms with E-state index in [1.807, 2.05) is 6.92 Å². The highest BCUT2D eigenvalue weighted by Gasteiger charge is 2.37. The largest absolute Gasteiger partial charge is 0.465 e. The van der Waals surface area contributed by atoms with Crippen molar-refractivity contribution >= 4 is 57.8 Å². The molecule has 0 aliphatic carbocycles. The highest BCUT2D eigenvalue weighted by Crippen LogP contribution is 2.32. The second-order valence-electron chi connectivity index (χ2n) is 6.11. The molecule has 10 heteroatoms. The van der Waals surface area contributed by atoms with Gasteiger partial charge in [0.05, 0.1) is 30.2 Å². The maximum absolute atomic E-state index is 12.4. The maximum Gasteiger partial charge on any atom is 0.337 e. The SMILES string of the molecule is CCSC1=NSC2=NC(=O)/C(=C\c3ccc(-c4ccc(C(=O)OC)cc4)o3)C(=N)N12. The molecule has 0 atom stereocenters. The molecule has 0 saturated heterocycles. The number of amides is 1. The number of benzene rings is 1. The van der Waals surface area contributed by atoms with Crippen molar-refractivity contribution < 1.29 is 18.7 Å². The molecule has 0 unspecified atom stereocenters. The molecule has 4 rings (SSSR count). The average molecular weight is 441 g/mol. The van der Waals surface area contributed by atoms with Gasteiger partial charge in [0.1, 0.15) is 17.4 Å². The third-order valence-electron chi connectivity index (χ3n) is 4.27. The summed E-state index contributed by atoms with van der Waals surface area (Å²) < 4.78 is 14.8. The van der Waals surface area contributed by atoms with Gasteiger partial charge in [0.25, 0.3) is 5.91 Å². The van der Waals surface area contributed by atoms with Crippen LogP contribution in [0, 0.1) is 5.41 Å². The summed E-state index contributed by atoms with van der Waals surface area (Å²) in [6, 6.07) is 10.3. The van der Waals surface area contributed by atoms with Crippen LogP contribution in [0.4, 0.5) is 0 Å². The number of nitrogens with zero attached hydrogens (tertiary/aromatic N) is 3. The van der Waals surface area contributed by atoms with Crippen LogP contribution in [0.15, 0.2) is 55.8 Å². The van der Waals surface area contributed by atoms with Crippen molar-refractivity contribution in [3.63, 3.8) is 0 Å². The van der Waals surface area contributed by atoms with Gasteiger partial charge in [-0.05, 0) is 36.1 Å². The lowest BCUT2D eigenvalue weighted by atomic mass is 10.1. The van der Waals surface area contributed by atoms with Crippen LogP contribution in [0.1, 0.15) is 23.0 Å². The number of carbonyl (C=O) groups is 2. The van der Waals surface area contributed by atoms with Crippen molar-refractivity contribution in [2.45, 2.75) is 6.92 Å². The number of hydrogen-bond acceptors (Lipinski definition) is 8. The van der Waals surface area contributed by atoms with Gasteiger partial charge in [-0.1, -0.05) is 30.8 Å². The fourth-order valence-electron chi connectivity index (χ4n) is 2.84. The number of thioether (sulfide) groups is 1. The van der Waals surface area contributed by atoms with E-state index >= 15 is 0 Å². The van der Waals surface area contributed by atoms with Gasteiger partial charge in [0, 0.05) is 5.56 Å². The van der Waals surface area contributed by atoms with E-state index in [0.717, 1.165) is 23.3 Å². The van der Waals surface area contributed by atoms with Crippen molar-refractivity contribution in [1.29, 1.82) is 5.41 Å². The molecule has 0 spiro atoms. The predicted molar refractivity (Wildman–Crippen MR) is 119 cm³/mol. The van der Waals surface area contributed by atoms with E-state index in [-0.39, 0.29) is 11.4 Å². The molecule has 2 aliphatic heterocycles. The number of amidine groups is 3. The molecule has 1 aromatic carbocycles. The third kappa shape index (κ3) is 3.71. The number of hydrogen-bond donors (Lipinski definition) is 1. The van der Waals surface area contributed by atoms with E-state index in [2.05, 4.69) is 9.39 Å². The summed E-state index contributed by atoms with van der Waals surface area (Å²) in [6.07, 6.45) is 1.51. The lowest BCUT2D eigenvalue weighted by Crippen LogP contribution is -2.41. The second kappa shape index (κ2) is 8.33. The predicted octanol–water partition coefficient (Wildman–Crippen LogP) is 4.06. The summed E-state index contributed by atoms with van der Waals surface area (Å²) in [6.45, 7) is 1.99. The first-order valence-corrected chi connectivity index (χ1v) is 10.7. The van der Waals surface area contributed by atoms with Gasteiger partial charge >= 0.3 is 5.97 Å². The molecule has 1 amide bonds. The Balaban J connectivity index is 1.59. The number of fused-ring (bicyclic) bond motifs is 1. The zero-order valence-corrected chi connectivity index (χ0v) is 17.7. The Kier molecular flexibility index (Phi) is 5.60. The molecular weight excluding hydrogens is 424 g/mol. The van der Waals surface area contributed by atoms with Crippen LogP contribution in [0.25, 0.3) is 17.4 Å². The summed E-state index contributed by atoms with van der Waals surface area (Å²) >= 11 is 2.58. The van der Waals surface area contributed by atoms with Crippen molar-refractivity contribution in [3.8, 4) is 11.3 Å². The van der Waals surface area contributed by atoms with Crippen LogP contribution in [0.3, 0.4) is 0 Å². The molecule has 0 saturated carbocycles. The average Bonchev–Trinajstić information content (AvgIpc) is 3.38. The highest BCUT2D eigenvalue weighted by atomic mass is 32.2. The van der Waals surface area contributed by atoms with Crippen molar-refractivity contribution in [2.75, 3.05) is 12.9 Å². The quantitative estimate of drug-likeness (QED) is 0.434. The van der Waals surface area contributed by atoms with Gasteiger partial charge in [-0.2, -0.15) is 9.39 Å². The summed E-state index contributed by atoms with van der Waals surface area (Å²) in [5.74, 6) is 0.886. The Morgan fingerprint density at radius 3 is 2.77 bits per heavy atom. The number of nitrogens with one attached hydrogen (secondary N) is 1. The fourth-order valence-corrected chi connectivity index (χ4v) is 4.41.